The number of nitrogens with zero attached hydrogens (tertiary/aromatic N) is 3. The Balaban J connectivity index is 1.49. The fraction of sp³-hybridized carbons (Fsp3) is 0.350. The van der Waals surface area contributed by atoms with Crippen LogP contribution >= 0.6 is 0 Å². The number of carboxylic acid groups (broad SMARTS) is 1. The number of carbonyl (C=O) groups is 1. The van der Waals surface area contributed by atoms with Crippen molar-refractivity contribution in [2.24, 2.45) is 5.41 Å². The normalized spacial score (nSPS) is 16.7. The number of aromatic amines is 1. The summed E-state index contributed by atoms with van der Waals surface area (Å²) in [5.41, 5.74) is 1.35. The van der Waals surface area contributed by atoms with E-state index in [-0.39, 0.29) is 0 Å². The smallest absolute Gasteiger partial charge is 0.309 e. The molecule has 0 unspecified atom stereocenters. The van der Waals surface area contributed by atoms with Gasteiger partial charge in [0.2, 0.25) is 0 Å². The number of aryl methyl sites for hydroxylation is 1. The Morgan fingerprint density at radius 3 is 2.65 bits per heavy atom. The average Bonchev–Trinajstić information content (AvgIpc) is 3.16. The maximum Gasteiger partial charge on any atom is 0.309 e. The molecule has 1 aromatic carbocycles. The molecule has 1 aliphatic rings. The van der Waals surface area contributed by atoms with Gasteiger partial charge in [-0.25, -0.2) is 9.97 Å². The Morgan fingerprint density at radius 1 is 1.15 bits per heavy atom. The minimum atomic E-state index is -0.678. The molecule has 6 nitrogen and oxygen atoms in total. The summed E-state index contributed by atoms with van der Waals surface area (Å²) in [4.78, 5) is 26.0. The topological polar surface area (TPSA) is 82.1 Å². The zero-order valence-electron chi connectivity index (χ0n) is 14.6. The van der Waals surface area contributed by atoms with Gasteiger partial charge in [0.05, 0.1) is 10.8 Å². The third-order valence-electron chi connectivity index (χ3n) is 5.54. The van der Waals surface area contributed by atoms with Crippen LogP contribution in [-0.4, -0.2) is 39.1 Å². The predicted octanol–water partition coefficient (Wildman–Crippen LogP) is 3.26. The molecule has 1 fully saturated rings. The summed E-state index contributed by atoms with van der Waals surface area (Å²) in [5, 5.41) is 10.9. The molecule has 0 amide bonds. The van der Waals surface area contributed by atoms with Crippen LogP contribution in [0.25, 0.3) is 11.0 Å². The molecule has 1 saturated heterocycles. The van der Waals surface area contributed by atoms with E-state index < -0.39 is 11.4 Å². The summed E-state index contributed by atoms with van der Waals surface area (Å²) in [5.74, 6) is 0.209. The third kappa shape index (κ3) is 3.03. The molecular formula is C20H22N4O2. The highest BCUT2D eigenvalue weighted by Gasteiger charge is 2.41. The van der Waals surface area contributed by atoms with Crippen molar-refractivity contribution in [1.29, 1.82) is 0 Å². The standard InChI is InChI=1S/C20H22N4O2/c25-19(26)20(8-6-15-4-2-1-3-5-15)9-12-24(13-10-20)18-16-7-11-21-17(16)22-14-23-18/h1-5,7,11,14H,6,8-10,12-13H2,(H,25,26)(H,21,22,23). The minimum Gasteiger partial charge on any atom is -0.481 e. The van der Waals surface area contributed by atoms with Gasteiger partial charge in [-0.3, -0.25) is 4.79 Å². The van der Waals surface area contributed by atoms with Crippen LogP contribution in [0.2, 0.25) is 0 Å². The number of H-pyrrole nitrogens is 1. The highest BCUT2D eigenvalue weighted by Crippen LogP contribution is 2.38. The van der Waals surface area contributed by atoms with E-state index in [1.165, 1.54) is 5.56 Å². The molecule has 26 heavy (non-hydrogen) atoms. The minimum absolute atomic E-state index is 0.630. The zero-order chi connectivity index (χ0) is 18.0. The van der Waals surface area contributed by atoms with Gasteiger partial charge in [0.1, 0.15) is 17.8 Å². The molecule has 3 aromatic rings. The van der Waals surface area contributed by atoms with E-state index in [1.807, 2.05) is 30.5 Å². The lowest BCUT2D eigenvalue weighted by atomic mass is 9.74. The van der Waals surface area contributed by atoms with Gasteiger partial charge in [0, 0.05) is 19.3 Å². The first-order valence-electron chi connectivity index (χ1n) is 8.98. The van der Waals surface area contributed by atoms with Crippen LogP contribution in [0.1, 0.15) is 24.8 Å². The predicted molar refractivity (Wildman–Crippen MR) is 100 cm³/mol. The van der Waals surface area contributed by atoms with E-state index in [4.69, 9.17) is 0 Å². The number of rotatable bonds is 5. The molecule has 0 spiro atoms. The van der Waals surface area contributed by atoms with Gasteiger partial charge in [-0.15, -0.1) is 0 Å². The maximum absolute atomic E-state index is 12.1. The van der Waals surface area contributed by atoms with Gasteiger partial charge in [0.25, 0.3) is 0 Å². The molecule has 0 radical (unpaired) electrons. The second-order valence-electron chi connectivity index (χ2n) is 7.00. The highest BCUT2D eigenvalue weighted by atomic mass is 16.4. The van der Waals surface area contributed by atoms with Gasteiger partial charge in [-0.2, -0.15) is 0 Å². The quantitative estimate of drug-likeness (QED) is 0.738. The fourth-order valence-corrected chi connectivity index (χ4v) is 3.86. The monoisotopic (exact) mass is 350 g/mol. The average molecular weight is 350 g/mol. The molecule has 2 N–H and O–H groups in total. The van der Waals surface area contributed by atoms with Crippen LogP contribution in [-0.2, 0) is 11.2 Å². The molecule has 6 heteroatoms. The number of fused-ring (bicyclic) bond motifs is 1. The lowest BCUT2D eigenvalue weighted by Crippen LogP contribution is -2.45. The number of benzene rings is 1. The summed E-state index contributed by atoms with van der Waals surface area (Å²) >= 11 is 0. The fourth-order valence-electron chi connectivity index (χ4n) is 3.86. The summed E-state index contributed by atoms with van der Waals surface area (Å²) in [6.07, 6.45) is 6.14. The van der Waals surface area contributed by atoms with Gasteiger partial charge in [-0.1, -0.05) is 30.3 Å². The first-order valence-corrected chi connectivity index (χ1v) is 8.98. The number of hydrogen-bond acceptors (Lipinski definition) is 4. The third-order valence-corrected chi connectivity index (χ3v) is 5.54. The Kier molecular flexibility index (Phi) is 4.32. The van der Waals surface area contributed by atoms with Crippen molar-refractivity contribution in [3.63, 3.8) is 0 Å². The summed E-state index contributed by atoms with van der Waals surface area (Å²) in [7, 11) is 0. The van der Waals surface area contributed by atoms with E-state index in [0.29, 0.717) is 32.4 Å². The Hall–Kier alpha value is -2.89. The lowest BCUT2D eigenvalue weighted by molar-refractivity contribution is -0.150. The van der Waals surface area contributed by atoms with E-state index in [9.17, 15) is 9.90 Å². The van der Waals surface area contributed by atoms with Crippen molar-refractivity contribution in [1.82, 2.24) is 15.0 Å². The zero-order valence-corrected chi connectivity index (χ0v) is 14.6. The molecule has 3 heterocycles. The van der Waals surface area contributed by atoms with Gasteiger partial charge >= 0.3 is 5.97 Å². The molecule has 0 atom stereocenters. The molecule has 134 valence electrons. The van der Waals surface area contributed by atoms with Gasteiger partial charge in [0.15, 0.2) is 0 Å². The Morgan fingerprint density at radius 2 is 1.92 bits per heavy atom. The summed E-state index contributed by atoms with van der Waals surface area (Å²) in [6.45, 7) is 1.39. The van der Waals surface area contributed by atoms with Gasteiger partial charge < -0.3 is 15.0 Å². The number of aromatic nitrogens is 3. The molecule has 0 aliphatic carbocycles. The van der Waals surface area contributed by atoms with Crippen molar-refractivity contribution >= 4 is 22.8 Å². The Bertz CT molecular complexity index is 898. The number of carboxylic acids is 1. The van der Waals surface area contributed by atoms with Crippen molar-refractivity contribution in [2.75, 3.05) is 18.0 Å². The first kappa shape index (κ1) is 16.6. The second kappa shape index (κ2) is 6.78. The number of anilines is 1. The molecule has 4 rings (SSSR count). The number of piperidine rings is 1. The lowest BCUT2D eigenvalue weighted by Gasteiger charge is -2.39. The second-order valence-corrected chi connectivity index (χ2v) is 7.00. The largest absolute Gasteiger partial charge is 0.481 e. The van der Waals surface area contributed by atoms with Crippen LogP contribution in [0.5, 0.6) is 0 Å². The van der Waals surface area contributed by atoms with Crippen LogP contribution in [0.4, 0.5) is 5.82 Å². The number of aliphatic carboxylic acids is 1. The Labute approximate surface area is 151 Å². The van der Waals surface area contributed by atoms with E-state index in [1.54, 1.807) is 6.33 Å². The van der Waals surface area contributed by atoms with Crippen LogP contribution in [0.15, 0.2) is 48.9 Å². The number of nitrogens with one attached hydrogen (secondary N) is 1. The highest BCUT2D eigenvalue weighted by molar-refractivity contribution is 5.87. The van der Waals surface area contributed by atoms with Crippen molar-refractivity contribution in [3.8, 4) is 0 Å². The molecule has 2 aromatic heterocycles. The summed E-state index contributed by atoms with van der Waals surface area (Å²) in [6, 6.07) is 12.1. The first-order chi connectivity index (χ1) is 12.7. The SMILES string of the molecule is O=C(O)C1(CCc2ccccc2)CCN(c2ncnc3[nH]ccc23)CC1. The molecule has 0 bridgehead atoms. The number of hydrogen-bond donors (Lipinski definition) is 2. The van der Waals surface area contributed by atoms with Crippen molar-refractivity contribution < 1.29 is 9.90 Å². The molecule has 1 aliphatic heterocycles. The van der Waals surface area contributed by atoms with E-state index in [0.717, 1.165) is 23.3 Å². The maximum atomic E-state index is 12.1. The van der Waals surface area contributed by atoms with E-state index >= 15 is 0 Å². The van der Waals surface area contributed by atoms with Crippen LogP contribution in [0, 0.1) is 5.41 Å². The van der Waals surface area contributed by atoms with Crippen LogP contribution < -0.4 is 4.90 Å². The molecular weight excluding hydrogens is 328 g/mol. The summed E-state index contributed by atoms with van der Waals surface area (Å²) < 4.78 is 0. The van der Waals surface area contributed by atoms with Gasteiger partial charge in [-0.05, 0) is 37.3 Å². The van der Waals surface area contributed by atoms with Crippen molar-refractivity contribution in [3.05, 3.63) is 54.5 Å². The van der Waals surface area contributed by atoms with Crippen LogP contribution in [0.3, 0.4) is 0 Å². The van der Waals surface area contributed by atoms with Crippen molar-refractivity contribution in [2.45, 2.75) is 25.7 Å². The molecule has 0 saturated carbocycles. The van der Waals surface area contributed by atoms with E-state index in [2.05, 4.69) is 32.0 Å².